The molecule has 1 aliphatic carbocycles. The zero-order valence-electron chi connectivity index (χ0n) is 7.15. The van der Waals surface area contributed by atoms with Gasteiger partial charge in [-0.05, 0) is 35.6 Å². The summed E-state index contributed by atoms with van der Waals surface area (Å²) in [4.78, 5) is 0. The highest BCUT2D eigenvalue weighted by molar-refractivity contribution is 9.10. The quantitative estimate of drug-likeness (QED) is 0.610. The SMILES string of the molecule is CC1Cc2c(Br)ccc(Cl)c2C1Cl. The normalized spacial score (nSPS) is 26.2. The van der Waals surface area contributed by atoms with Gasteiger partial charge in [-0.3, -0.25) is 0 Å². The molecule has 3 heteroatoms. The lowest BCUT2D eigenvalue weighted by Gasteiger charge is -2.08. The standard InChI is InChI=1S/C10H9BrCl2/c1-5-4-6-7(11)2-3-8(12)9(6)10(5)13/h2-3,5,10H,4H2,1H3. The van der Waals surface area contributed by atoms with Gasteiger partial charge in [0.15, 0.2) is 0 Å². The minimum Gasteiger partial charge on any atom is -0.117 e. The van der Waals surface area contributed by atoms with Crippen LogP contribution >= 0.6 is 39.1 Å². The van der Waals surface area contributed by atoms with E-state index in [0.29, 0.717) is 5.92 Å². The van der Waals surface area contributed by atoms with E-state index in [2.05, 4.69) is 22.9 Å². The maximum Gasteiger partial charge on any atom is 0.0631 e. The topological polar surface area (TPSA) is 0 Å². The summed E-state index contributed by atoms with van der Waals surface area (Å²) in [6.45, 7) is 2.15. The van der Waals surface area contributed by atoms with Crippen LogP contribution in [-0.2, 0) is 6.42 Å². The molecule has 0 aromatic heterocycles. The molecule has 13 heavy (non-hydrogen) atoms. The third kappa shape index (κ3) is 1.51. The number of alkyl halides is 1. The van der Waals surface area contributed by atoms with E-state index in [1.54, 1.807) is 0 Å². The molecule has 1 aromatic rings. The van der Waals surface area contributed by atoms with Crippen LogP contribution in [-0.4, -0.2) is 0 Å². The van der Waals surface area contributed by atoms with Gasteiger partial charge >= 0.3 is 0 Å². The van der Waals surface area contributed by atoms with E-state index in [1.807, 2.05) is 12.1 Å². The van der Waals surface area contributed by atoms with Gasteiger partial charge in [-0.1, -0.05) is 34.5 Å². The minimum absolute atomic E-state index is 0.0694. The van der Waals surface area contributed by atoms with E-state index in [9.17, 15) is 0 Å². The first-order valence-corrected chi connectivity index (χ1v) is 5.83. The Morgan fingerprint density at radius 1 is 1.46 bits per heavy atom. The Kier molecular flexibility index (Phi) is 2.61. The van der Waals surface area contributed by atoms with Gasteiger partial charge in [-0.2, -0.15) is 0 Å². The average molecular weight is 280 g/mol. The fourth-order valence-corrected chi connectivity index (χ4v) is 3.02. The van der Waals surface area contributed by atoms with Gasteiger partial charge in [-0.25, -0.2) is 0 Å². The first-order valence-electron chi connectivity index (χ1n) is 4.22. The van der Waals surface area contributed by atoms with Gasteiger partial charge in [-0.15, -0.1) is 11.6 Å². The Morgan fingerprint density at radius 2 is 2.15 bits per heavy atom. The maximum absolute atomic E-state index is 6.27. The van der Waals surface area contributed by atoms with Crippen molar-refractivity contribution >= 4 is 39.1 Å². The molecule has 2 rings (SSSR count). The highest BCUT2D eigenvalue weighted by Gasteiger charge is 2.31. The maximum atomic E-state index is 6.27. The number of rotatable bonds is 0. The molecule has 2 atom stereocenters. The lowest BCUT2D eigenvalue weighted by molar-refractivity contribution is 0.608. The molecule has 0 radical (unpaired) electrons. The van der Waals surface area contributed by atoms with Gasteiger partial charge < -0.3 is 0 Å². The Bertz CT molecular complexity index is 349. The van der Waals surface area contributed by atoms with Crippen LogP contribution in [0, 0.1) is 5.92 Å². The highest BCUT2D eigenvalue weighted by atomic mass is 79.9. The molecule has 70 valence electrons. The van der Waals surface area contributed by atoms with E-state index >= 15 is 0 Å². The lowest BCUT2D eigenvalue weighted by atomic mass is 10.1. The number of benzene rings is 1. The second-order valence-corrected chi connectivity index (χ2v) is 5.24. The van der Waals surface area contributed by atoms with Gasteiger partial charge in [0, 0.05) is 9.50 Å². The van der Waals surface area contributed by atoms with E-state index in [0.717, 1.165) is 21.5 Å². The molecule has 0 N–H and O–H groups in total. The summed E-state index contributed by atoms with van der Waals surface area (Å²) >= 11 is 15.9. The summed E-state index contributed by atoms with van der Waals surface area (Å²) in [5.41, 5.74) is 2.39. The molecular formula is C10H9BrCl2. The van der Waals surface area contributed by atoms with Crippen LogP contribution in [0.25, 0.3) is 0 Å². The molecule has 0 heterocycles. The highest BCUT2D eigenvalue weighted by Crippen LogP contribution is 2.46. The van der Waals surface area contributed by atoms with Crippen LogP contribution in [0.1, 0.15) is 23.4 Å². The lowest BCUT2D eigenvalue weighted by Crippen LogP contribution is -1.94. The zero-order chi connectivity index (χ0) is 9.59. The minimum atomic E-state index is 0.0694. The molecule has 0 fully saturated rings. The molecule has 1 aliphatic rings. The van der Waals surface area contributed by atoms with Crippen LogP contribution < -0.4 is 0 Å². The molecule has 0 saturated carbocycles. The average Bonchev–Trinajstić information content (AvgIpc) is 2.38. The Labute approximate surface area is 96.4 Å². The van der Waals surface area contributed by atoms with Crippen LogP contribution in [0.15, 0.2) is 16.6 Å². The monoisotopic (exact) mass is 278 g/mol. The molecule has 1 aromatic carbocycles. The summed E-state index contributed by atoms with van der Waals surface area (Å²) < 4.78 is 1.13. The molecule has 0 bridgehead atoms. The van der Waals surface area contributed by atoms with Crippen molar-refractivity contribution in [2.24, 2.45) is 5.92 Å². The molecule has 2 unspecified atom stereocenters. The molecule has 0 nitrogen and oxygen atoms in total. The smallest absolute Gasteiger partial charge is 0.0631 e. The summed E-state index contributed by atoms with van der Waals surface area (Å²) in [6.07, 6.45) is 1.02. The largest absolute Gasteiger partial charge is 0.117 e. The molecule has 0 spiro atoms. The predicted molar refractivity (Wildman–Crippen MR) is 60.6 cm³/mol. The van der Waals surface area contributed by atoms with Gasteiger partial charge in [0.25, 0.3) is 0 Å². The Balaban J connectivity index is 2.61. The van der Waals surface area contributed by atoms with Crippen molar-refractivity contribution in [1.82, 2.24) is 0 Å². The molecule has 0 amide bonds. The van der Waals surface area contributed by atoms with Crippen LogP contribution in [0.2, 0.25) is 5.02 Å². The van der Waals surface area contributed by atoms with E-state index in [4.69, 9.17) is 23.2 Å². The number of hydrogen-bond acceptors (Lipinski definition) is 0. The molecule has 0 aliphatic heterocycles. The van der Waals surface area contributed by atoms with Crippen molar-refractivity contribution < 1.29 is 0 Å². The first-order chi connectivity index (χ1) is 6.11. The van der Waals surface area contributed by atoms with Crippen molar-refractivity contribution in [1.29, 1.82) is 0 Å². The number of hydrogen-bond donors (Lipinski definition) is 0. The molecular weight excluding hydrogens is 271 g/mol. The first kappa shape index (κ1) is 9.82. The third-order valence-corrected chi connectivity index (χ3v) is 4.27. The van der Waals surface area contributed by atoms with Crippen LogP contribution in [0.4, 0.5) is 0 Å². The second kappa shape index (κ2) is 3.45. The van der Waals surface area contributed by atoms with E-state index < -0.39 is 0 Å². The van der Waals surface area contributed by atoms with Crippen LogP contribution in [0.5, 0.6) is 0 Å². The van der Waals surface area contributed by atoms with Gasteiger partial charge in [0.2, 0.25) is 0 Å². The fourth-order valence-electron chi connectivity index (χ4n) is 1.83. The predicted octanol–water partition coefficient (Wildman–Crippen LogP) is 4.57. The summed E-state index contributed by atoms with van der Waals surface area (Å²) in [6, 6.07) is 3.89. The molecule has 0 saturated heterocycles. The zero-order valence-corrected chi connectivity index (χ0v) is 10.2. The number of fused-ring (bicyclic) bond motifs is 1. The summed E-state index contributed by atoms with van der Waals surface area (Å²) in [5, 5.41) is 0.863. The Hall–Kier alpha value is 0.280. The van der Waals surface area contributed by atoms with Crippen LogP contribution in [0.3, 0.4) is 0 Å². The summed E-state index contributed by atoms with van der Waals surface area (Å²) in [7, 11) is 0. The Morgan fingerprint density at radius 3 is 2.77 bits per heavy atom. The fraction of sp³-hybridized carbons (Fsp3) is 0.400. The van der Waals surface area contributed by atoms with Gasteiger partial charge in [0.1, 0.15) is 0 Å². The summed E-state index contributed by atoms with van der Waals surface area (Å²) in [5.74, 6) is 0.480. The van der Waals surface area contributed by atoms with Gasteiger partial charge in [0.05, 0.1) is 5.38 Å². The van der Waals surface area contributed by atoms with E-state index in [-0.39, 0.29) is 5.38 Å². The van der Waals surface area contributed by atoms with Crippen molar-refractivity contribution in [2.75, 3.05) is 0 Å². The van der Waals surface area contributed by atoms with Crippen molar-refractivity contribution in [3.05, 3.63) is 32.8 Å². The third-order valence-electron chi connectivity index (χ3n) is 2.55. The van der Waals surface area contributed by atoms with Crippen molar-refractivity contribution in [3.8, 4) is 0 Å². The van der Waals surface area contributed by atoms with Crippen molar-refractivity contribution in [3.63, 3.8) is 0 Å². The number of halogens is 3. The van der Waals surface area contributed by atoms with Crippen molar-refractivity contribution in [2.45, 2.75) is 18.7 Å². The second-order valence-electron chi connectivity index (χ2n) is 3.50. The van der Waals surface area contributed by atoms with E-state index in [1.165, 1.54) is 5.56 Å².